The molecule has 0 aliphatic heterocycles. The molecule has 2 aromatic rings. The number of hydrogen-bond donors (Lipinski definition) is 2. The minimum atomic E-state index is -0.172. The smallest absolute Gasteiger partial charge is 0.127 e. The van der Waals surface area contributed by atoms with Crippen molar-refractivity contribution >= 4 is 5.69 Å². The Balaban J connectivity index is 2.18. The van der Waals surface area contributed by atoms with Crippen molar-refractivity contribution in [2.45, 2.75) is 19.5 Å². The number of phenolic OH excluding ortho intramolecular Hbond substituents is 1. The van der Waals surface area contributed by atoms with Gasteiger partial charge in [0.2, 0.25) is 0 Å². The molecule has 0 radical (unpaired) electrons. The van der Waals surface area contributed by atoms with Crippen LogP contribution in [0.3, 0.4) is 0 Å². The second-order valence-electron chi connectivity index (χ2n) is 4.84. The molecule has 1 aromatic heterocycles. The van der Waals surface area contributed by atoms with Crippen LogP contribution in [0, 0.1) is 0 Å². The summed E-state index contributed by atoms with van der Waals surface area (Å²) in [6.45, 7) is 2.53. The first-order valence-electron chi connectivity index (χ1n) is 6.25. The van der Waals surface area contributed by atoms with Crippen molar-refractivity contribution in [3.05, 3.63) is 42.0 Å². The fourth-order valence-corrected chi connectivity index (χ4v) is 2.01. The molecule has 0 aliphatic rings. The van der Waals surface area contributed by atoms with Crippen LogP contribution >= 0.6 is 0 Å². The van der Waals surface area contributed by atoms with Crippen LogP contribution < -0.4 is 10.6 Å². The van der Waals surface area contributed by atoms with E-state index in [0.29, 0.717) is 6.54 Å². The molecule has 5 heteroatoms. The molecule has 0 amide bonds. The Kier molecular flexibility index (Phi) is 3.76. The number of aromatic nitrogens is 2. The third-order valence-electron chi connectivity index (χ3n) is 3.24. The van der Waals surface area contributed by atoms with Gasteiger partial charge < -0.3 is 20.3 Å². The first-order valence-corrected chi connectivity index (χ1v) is 6.25. The monoisotopic (exact) mass is 260 g/mol. The van der Waals surface area contributed by atoms with E-state index in [4.69, 9.17) is 5.73 Å². The maximum absolute atomic E-state index is 9.96. The molecule has 0 spiro atoms. The van der Waals surface area contributed by atoms with Gasteiger partial charge in [0.25, 0.3) is 0 Å². The Bertz CT molecular complexity index is 562. The molecule has 19 heavy (non-hydrogen) atoms. The second-order valence-corrected chi connectivity index (χ2v) is 4.84. The molecular weight excluding hydrogens is 240 g/mol. The van der Waals surface area contributed by atoms with Crippen molar-refractivity contribution in [3.63, 3.8) is 0 Å². The molecule has 0 saturated heterocycles. The Hall–Kier alpha value is -2.01. The lowest BCUT2D eigenvalue weighted by atomic mass is 10.1. The summed E-state index contributed by atoms with van der Waals surface area (Å²) >= 11 is 0. The minimum absolute atomic E-state index is 0.172. The molecule has 102 valence electrons. The number of aryl methyl sites for hydroxylation is 1. The van der Waals surface area contributed by atoms with Crippen molar-refractivity contribution in [2.24, 2.45) is 12.8 Å². The van der Waals surface area contributed by atoms with Crippen molar-refractivity contribution in [3.8, 4) is 5.75 Å². The molecule has 1 unspecified atom stereocenters. The highest BCUT2D eigenvalue weighted by molar-refractivity contribution is 5.53. The second kappa shape index (κ2) is 5.32. The number of nitrogens with zero attached hydrogens (tertiary/aromatic N) is 3. The third-order valence-corrected chi connectivity index (χ3v) is 3.24. The van der Waals surface area contributed by atoms with Gasteiger partial charge in [-0.3, -0.25) is 0 Å². The zero-order valence-electron chi connectivity index (χ0n) is 11.5. The molecule has 3 N–H and O–H groups in total. The number of nitrogens with two attached hydrogens (primary N) is 1. The highest BCUT2D eigenvalue weighted by atomic mass is 16.3. The standard InChI is InChI=1S/C14H20N4O/c1-10(15)12-5-4-11(8-13(12)19)18(3)9-14-16-6-7-17(14)2/h4-8,10,19H,9,15H2,1-3H3. The topological polar surface area (TPSA) is 67.3 Å². The highest BCUT2D eigenvalue weighted by Gasteiger charge is 2.10. The van der Waals surface area contributed by atoms with E-state index in [2.05, 4.69) is 4.98 Å². The summed E-state index contributed by atoms with van der Waals surface area (Å²) in [5.41, 5.74) is 7.48. The van der Waals surface area contributed by atoms with Crippen LogP contribution in [0.15, 0.2) is 30.6 Å². The summed E-state index contributed by atoms with van der Waals surface area (Å²) in [6, 6.07) is 5.39. The van der Waals surface area contributed by atoms with Crippen molar-refractivity contribution in [1.29, 1.82) is 0 Å². The summed E-state index contributed by atoms with van der Waals surface area (Å²) in [7, 11) is 3.93. The predicted molar refractivity (Wildman–Crippen MR) is 76.0 cm³/mol. The fourth-order valence-electron chi connectivity index (χ4n) is 2.01. The van der Waals surface area contributed by atoms with Crippen LogP contribution in [0.2, 0.25) is 0 Å². The van der Waals surface area contributed by atoms with Gasteiger partial charge >= 0.3 is 0 Å². The van der Waals surface area contributed by atoms with E-state index >= 15 is 0 Å². The molecule has 0 bridgehead atoms. The maximum atomic E-state index is 9.96. The Labute approximate surface area is 113 Å². The summed E-state index contributed by atoms with van der Waals surface area (Å²) in [5.74, 6) is 1.21. The van der Waals surface area contributed by atoms with Gasteiger partial charge in [-0.1, -0.05) is 6.07 Å². The summed E-state index contributed by atoms with van der Waals surface area (Å²) in [5, 5.41) is 9.96. The Morgan fingerprint density at radius 2 is 2.21 bits per heavy atom. The molecule has 0 aliphatic carbocycles. The number of aromatic hydroxyl groups is 1. The number of anilines is 1. The van der Waals surface area contributed by atoms with Crippen LogP contribution in [0.4, 0.5) is 5.69 Å². The van der Waals surface area contributed by atoms with Gasteiger partial charge in [0.1, 0.15) is 11.6 Å². The first-order chi connectivity index (χ1) is 8.99. The van der Waals surface area contributed by atoms with E-state index in [1.807, 2.05) is 48.8 Å². The van der Waals surface area contributed by atoms with E-state index in [0.717, 1.165) is 17.1 Å². The van der Waals surface area contributed by atoms with Crippen LogP contribution in [0.1, 0.15) is 24.4 Å². The molecule has 2 rings (SSSR count). The van der Waals surface area contributed by atoms with Crippen molar-refractivity contribution in [2.75, 3.05) is 11.9 Å². The molecular formula is C14H20N4O. The average molecular weight is 260 g/mol. The van der Waals surface area contributed by atoms with Crippen LogP contribution in [0.25, 0.3) is 0 Å². The van der Waals surface area contributed by atoms with Gasteiger partial charge in [-0.25, -0.2) is 4.98 Å². The van der Waals surface area contributed by atoms with Crippen molar-refractivity contribution in [1.82, 2.24) is 9.55 Å². The molecule has 5 nitrogen and oxygen atoms in total. The summed E-state index contributed by atoms with van der Waals surface area (Å²) in [6.07, 6.45) is 3.69. The lowest BCUT2D eigenvalue weighted by Gasteiger charge is -2.20. The minimum Gasteiger partial charge on any atom is -0.508 e. The van der Waals surface area contributed by atoms with Gasteiger partial charge in [-0.15, -0.1) is 0 Å². The zero-order valence-corrected chi connectivity index (χ0v) is 11.5. The lowest BCUT2D eigenvalue weighted by Crippen LogP contribution is -2.19. The molecule has 0 saturated carbocycles. The molecule has 0 fully saturated rings. The van der Waals surface area contributed by atoms with Gasteiger partial charge in [0, 0.05) is 49.8 Å². The zero-order chi connectivity index (χ0) is 14.0. The fraction of sp³-hybridized carbons (Fsp3) is 0.357. The molecule has 1 atom stereocenters. The Morgan fingerprint density at radius 3 is 2.74 bits per heavy atom. The third kappa shape index (κ3) is 2.88. The Morgan fingerprint density at radius 1 is 1.47 bits per heavy atom. The van der Waals surface area contributed by atoms with Gasteiger partial charge in [-0.05, 0) is 13.0 Å². The quantitative estimate of drug-likeness (QED) is 0.879. The van der Waals surface area contributed by atoms with Crippen molar-refractivity contribution < 1.29 is 5.11 Å². The summed E-state index contributed by atoms with van der Waals surface area (Å²) < 4.78 is 1.98. The van der Waals surface area contributed by atoms with Crippen LogP contribution in [-0.2, 0) is 13.6 Å². The van der Waals surface area contributed by atoms with E-state index in [1.165, 1.54) is 0 Å². The van der Waals surface area contributed by atoms with Gasteiger partial charge in [0.05, 0.1) is 6.54 Å². The lowest BCUT2D eigenvalue weighted by molar-refractivity contribution is 0.463. The van der Waals surface area contributed by atoms with E-state index < -0.39 is 0 Å². The van der Waals surface area contributed by atoms with E-state index in [1.54, 1.807) is 12.3 Å². The number of hydrogen-bond acceptors (Lipinski definition) is 4. The number of benzene rings is 1. The van der Waals surface area contributed by atoms with Crippen LogP contribution in [0.5, 0.6) is 5.75 Å². The molecule has 1 heterocycles. The normalized spacial score (nSPS) is 12.4. The number of imidazole rings is 1. The van der Waals surface area contributed by atoms with Crippen LogP contribution in [-0.4, -0.2) is 21.7 Å². The van der Waals surface area contributed by atoms with Gasteiger partial charge in [-0.2, -0.15) is 0 Å². The SMILES string of the molecule is CC(N)c1ccc(N(C)Cc2nccn2C)cc1O. The number of phenols is 1. The predicted octanol–water partition coefficient (Wildman–Crippen LogP) is 1.78. The highest BCUT2D eigenvalue weighted by Crippen LogP contribution is 2.28. The summed E-state index contributed by atoms with van der Waals surface area (Å²) in [4.78, 5) is 6.32. The average Bonchev–Trinajstić information content (AvgIpc) is 2.74. The number of rotatable bonds is 4. The molecule has 1 aromatic carbocycles. The van der Waals surface area contributed by atoms with E-state index in [-0.39, 0.29) is 11.8 Å². The maximum Gasteiger partial charge on any atom is 0.127 e. The van der Waals surface area contributed by atoms with Gasteiger partial charge in [0.15, 0.2) is 0 Å². The van der Waals surface area contributed by atoms with E-state index in [9.17, 15) is 5.11 Å². The first kappa shape index (κ1) is 13.4. The largest absolute Gasteiger partial charge is 0.508 e.